The number of rotatable bonds is 6. The highest BCUT2D eigenvalue weighted by Crippen LogP contribution is 2.29. The second-order valence-electron chi connectivity index (χ2n) is 4.90. The molecule has 1 saturated carbocycles. The summed E-state index contributed by atoms with van der Waals surface area (Å²) in [5.74, 6) is -0.436. The highest BCUT2D eigenvalue weighted by molar-refractivity contribution is 5.70. The number of hydrogen-bond acceptors (Lipinski definition) is 2. The van der Waals surface area contributed by atoms with Crippen LogP contribution in [0.1, 0.15) is 39.0 Å². The Kier molecular flexibility index (Phi) is 5.53. The Morgan fingerprint density at radius 2 is 2.12 bits per heavy atom. The second kappa shape index (κ2) is 6.69. The molecule has 1 fully saturated rings. The Bertz CT molecular complexity index is 250. The number of carboxylic acid groups (broad SMARTS) is 1. The van der Waals surface area contributed by atoms with E-state index in [0.29, 0.717) is 5.92 Å². The van der Waals surface area contributed by atoms with Gasteiger partial charge in [0, 0.05) is 0 Å². The van der Waals surface area contributed by atoms with Gasteiger partial charge in [-0.1, -0.05) is 18.4 Å². The molecule has 1 aliphatic carbocycles. The van der Waals surface area contributed by atoms with Crippen LogP contribution in [0.2, 0.25) is 0 Å². The lowest BCUT2D eigenvalue weighted by Crippen LogP contribution is -2.35. The molecule has 0 radical (unpaired) electrons. The van der Waals surface area contributed by atoms with Crippen LogP contribution in [0, 0.1) is 11.8 Å². The van der Waals surface area contributed by atoms with Crippen molar-refractivity contribution in [2.75, 3.05) is 13.1 Å². The molecular formula is C13H23NO2. The molecule has 0 aromatic heterocycles. The Morgan fingerprint density at radius 1 is 1.44 bits per heavy atom. The third kappa shape index (κ3) is 4.35. The molecule has 0 heterocycles. The zero-order valence-electron chi connectivity index (χ0n) is 10.2. The smallest absolute Gasteiger partial charge is 0.306 e. The topological polar surface area (TPSA) is 49.3 Å². The Labute approximate surface area is 97.9 Å². The lowest BCUT2D eigenvalue weighted by Gasteiger charge is -2.28. The molecule has 3 nitrogen and oxygen atoms in total. The molecule has 3 heteroatoms. The summed E-state index contributed by atoms with van der Waals surface area (Å²) in [6.07, 6.45) is 5.12. The summed E-state index contributed by atoms with van der Waals surface area (Å²) in [7, 11) is 0. The van der Waals surface area contributed by atoms with Crippen molar-refractivity contribution in [3.8, 4) is 0 Å². The molecule has 2 atom stereocenters. The maximum atomic E-state index is 11.1. The van der Waals surface area contributed by atoms with Crippen molar-refractivity contribution >= 4 is 5.97 Å². The fraction of sp³-hybridized carbons (Fsp3) is 0.769. The quantitative estimate of drug-likeness (QED) is 0.539. The summed E-state index contributed by atoms with van der Waals surface area (Å²) in [6, 6.07) is 0. The van der Waals surface area contributed by atoms with Crippen molar-refractivity contribution in [2.24, 2.45) is 11.8 Å². The molecule has 2 unspecified atom stereocenters. The summed E-state index contributed by atoms with van der Waals surface area (Å²) >= 11 is 0. The molecule has 0 amide bonds. The summed E-state index contributed by atoms with van der Waals surface area (Å²) in [4.78, 5) is 11.1. The molecule has 1 aliphatic rings. The maximum Gasteiger partial charge on any atom is 0.306 e. The van der Waals surface area contributed by atoms with Crippen LogP contribution < -0.4 is 5.32 Å². The zero-order valence-corrected chi connectivity index (χ0v) is 10.2. The first-order valence-electron chi connectivity index (χ1n) is 6.19. The molecule has 0 saturated heterocycles. The van der Waals surface area contributed by atoms with E-state index in [1.54, 1.807) is 0 Å². The van der Waals surface area contributed by atoms with Gasteiger partial charge in [-0.25, -0.2) is 0 Å². The van der Waals surface area contributed by atoms with Crippen molar-refractivity contribution < 1.29 is 9.90 Å². The molecule has 0 aromatic carbocycles. The number of hydrogen-bond donors (Lipinski definition) is 2. The zero-order chi connectivity index (χ0) is 12.0. The molecule has 0 aromatic rings. The van der Waals surface area contributed by atoms with Crippen molar-refractivity contribution in [3.63, 3.8) is 0 Å². The molecule has 0 bridgehead atoms. The Hall–Kier alpha value is -0.830. The van der Waals surface area contributed by atoms with E-state index in [1.165, 1.54) is 12.0 Å². The van der Waals surface area contributed by atoms with Crippen LogP contribution in [-0.4, -0.2) is 24.2 Å². The minimum absolute atomic E-state index is 0.133. The standard InChI is InChI=1S/C13H23NO2/c1-10(2)7-8-14-9-11-5-3-4-6-12(11)13(15)16/h11-12,14H,1,3-9H2,2H3,(H,15,16). The number of nitrogens with one attached hydrogen (secondary N) is 1. The molecular weight excluding hydrogens is 202 g/mol. The lowest BCUT2D eigenvalue weighted by molar-refractivity contribution is -0.144. The minimum atomic E-state index is -0.619. The van der Waals surface area contributed by atoms with Gasteiger partial charge >= 0.3 is 5.97 Å². The molecule has 0 spiro atoms. The summed E-state index contributed by atoms with van der Waals surface area (Å²) in [6.45, 7) is 7.62. The van der Waals surface area contributed by atoms with Crippen LogP contribution in [0.4, 0.5) is 0 Å². The van der Waals surface area contributed by atoms with Gasteiger partial charge in [-0.2, -0.15) is 0 Å². The number of carbonyl (C=O) groups is 1. The first-order chi connectivity index (χ1) is 7.61. The predicted octanol–water partition coefficient (Wildman–Crippen LogP) is 2.43. The van der Waals surface area contributed by atoms with Crippen LogP contribution in [0.3, 0.4) is 0 Å². The van der Waals surface area contributed by atoms with Gasteiger partial charge in [0.15, 0.2) is 0 Å². The first-order valence-corrected chi connectivity index (χ1v) is 6.19. The molecule has 16 heavy (non-hydrogen) atoms. The highest BCUT2D eigenvalue weighted by Gasteiger charge is 2.30. The Balaban J connectivity index is 2.27. The van der Waals surface area contributed by atoms with Gasteiger partial charge in [-0.3, -0.25) is 4.79 Å². The van der Waals surface area contributed by atoms with Gasteiger partial charge in [-0.05, 0) is 45.2 Å². The largest absolute Gasteiger partial charge is 0.481 e. The lowest BCUT2D eigenvalue weighted by atomic mass is 9.79. The van der Waals surface area contributed by atoms with Gasteiger partial charge in [0.2, 0.25) is 0 Å². The van der Waals surface area contributed by atoms with E-state index in [2.05, 4.69) is 11.9 Å². The van der Waals surface area contributed by atoms with E-state index in [-0.39, 0.29) is 5.92 Å². The summed E-state index contributed by atoms with van der Waals surface area (Å²) in [5, 5.41) is 12.5. The fourth-order valence-electron chi connectivity index (χ4n) is 2.37. The molecule has 2 N–H and O–H groups in total. The van der Waals surface area contributed by atoms with Crippen LogP contribution in [-0.2, 0) is 4.79 Å². The minimum Gasteiger partial charge on any atom is -0.481 e. The van der Waals surface area contributed by atoms with Gasteiger partial charge in [-0.15, -0.1) is 6.58 Å². The van der Waals surface area contributed by atoms with Crippen LogP contribution in [0.25, 0.3) is 0 Å². The average Bonchev–Trinajstić information content (AvgIpc) is 2.24. The van der Waals surface area contributed by atoms with E-state index in [9.17, 15) is 4.79 Å². The van der Waals surface area contributed by atoms with Gasteiger partial charge in [0.05, 0.1) is 5.92 Å². The normalized spacial score (nSPS) is 25.3. The van der Waals surface area contributed by atoms with Crippen molar-refractivity contribution in [1.29, 1.82) is 0 Å². The Morgan fingerprint density at radius 3 is 2.75 bits per heavy atom. The fourth-order valence-corrected chi connectivity index (χ4v) is 2.37. The van der Waals surface area contributed by atoms with Crippen LogP contribution in [0.15, 0.2) is 12.2 Å². The predicted molar refractivity (Wildman–Crippen MR) is 65.4 cm³/mol. The van der Waals surface area contributed by atoms with E-state index in [4.69, 9.17) is 5.11 Å². The molecule has 0 aliphatic heterocycles. The number of carboxylic acids is 1. The maximum absolute atomic E-state index is 11.1. The van der Waals surface area contributed by atoms with Crippen molar-refractivity contribution in [2.45, 2.75) is 39.0 Å². The first kappa shape index (κ1) is 13.2. The molecule has 1 rings (SSSR count). The van der Waals surface area contributed by atoms with E-state index >= 15 is 0 Å². The summed E-state index contributed by atoms with van der Waals surface area (Å²) in [5.41, 5.74) is 1.17. The summed E-state index contributed by atoms with van der Waals surface area (Å²) < 4.78 is 0. The van der Waals surface area contributed by atoms with Gasteiger partial charge < -0.3 is 10.4 Å². The molecule has 92 valence electrons. The van der Waals surface area contributed by atoms with E-state index in [1.807, 2.05) is 6.92 Å². The van der Waals surface area contributed by atoms with E-state index < -0.39 is 5.97 Å². The second-order valence-corrected chi connectivity index (χ2v) is 4.90. The van der Waals surface area contributed by atoms with Crippen molar-refractivity contribution in [3.05, 3.63) is 12.2 Å². The van der Waals surface area contributed by atoms with E-state index in [0.717, 1.165) is 38.8 Å². The van der Waals surface area contributed by atoms with Crippen molar-refractivity contribution in [1.82, 2.24) is 5.32 Å². The van der Waals surface area contributed by atoms with Crippen LogP contribution >= 0.6 is 0 Å². The number of aliphatic carboxylic acids is 1. The highest BCUT2D eigenvalue weighted by atomic mass is 16.4. The third-order valence-corrected chi connectivity index (χ3v) is 3.36. The van der Waals surface area contributed by atoms with Gasteiger partial charge in [0.25, 0.3) is 0 Å². The van der Waals surface area contributed by atoms with Crippen LogP contribution in [0.5, 0.6) is 0 Å². The average molecular weight is 225 g/mol. The monoisotopic (exact) mass is 225 g/mol. The van der Waals surface area contributed by atoms with Gasteiger partial charge in [0.1, 0.15) is 0 Å². The third-order valence-electron chi connectivity index (χ3n) is 3.36. The SMILES string of the molecule is C=C(C)CCNCC1CCCCC1C(=O)O.